The van der Waals surface area contributed by atoms with Crippen molar-refractivity contribution in [3.05, 3.63) is 89.0 Å². The predicted octanol–water partition coefficient (Wildman–Crippen LogP) is 6.30. The minimum atomic E-state index is -0.988. The highest BCUT2D eigenvalue weighted by Crippen LogP contribution is 2.40. The van der Waals surface area contributed by atoms with Gasteiger partial charge in [0.25, 0.3) is 5.91 Å². The Kier molecular flexibility index (Phi) is 11.3. The molecule has 9 nitrogen and oxygen atoms in total. The van der Waals surface area contributed by atoms with E-state index < -0.39 is 17.1 Å². The summed E-state index contributed by atoms with van der Waals surface area (Å²) >= 11 is 6.41. The van der Waals surface area contributed by atoms with Gasteiger partial charge in [-0.1, -0.05) is 56.1 Å². The molecule has 3 atom stereocenters. The Bertz CT molecular complexity index is 1660. The summed E-state index contributed by atoms with van der Waals surface area (Å²) in [7, 11) is 1.67. The molecule has 4 N–H and O–H groups in total. The third-order valence-corrected chi connectivity index (χ3v) is 8.72. The number of para-hydroxylation sites is 1. The zero-order valence-electron chi connectivity index (χ0n) is 26.8. The van der Waals surface area contributed by atoms with Crippen LogP contribution >= 0.6 is 11.6 Å². The molecule has 46 heavy (non-hydrogen) atoms. The highest BCUT2D eigenvalue weighted by atomic mass is 35.5. The highest BCUT2D eigenvalue weighted by molar-refractivity contribution is 6.34. The fourth-order valence-corrected chi connectivity index (χ4v) is 5.55. The van der Waals surface area contributed by atoms with Crippen molar-refractivity contribution in [2.24, 2.45) is 21.3 Å². The maximum absolute atomic E-state index is 15.0. The van der Waals surface area contributed by atoms with E-state index in [1.807, 2.05) is 56.0 Å². The lowest BCUT2D eigenvalue weighted by atomic mass is 9.72. The van der Waals surface area contributed by atoms with Gasteiger partial charge in [-0.05, 0) is 68.7 Å². The molecule has 3 aromatic rings. The van der Waals surface area contributed by atoms with E-state index in [9.17, 15) is 9.59 Å². The van der Waals surface area contributed by atoms with Crippen LogP contribution in [0.3, 0.4) is 0 Å². The van der Waals surface area contributed by atoms with Gasteiger partial charge >= 0.3 is 0 Å². The molecule has 0 spiro atoms. The fraction of sp³-hybridized carbons (Fsp3) is 0.343. The molecule has 1 aliphatic rings. The van der Waals surface area contributed by atoms with Crippen molar-refractivity contribution in [3.63, 3.8) is 0 Å². The van der Waals surface area contributed by atoms with Crippen LogP contribution in [0.2, 0.25) is 5.02 Å². The third kappa shape index (κ3) is 7.80. The standard InChI is InChI=1S/C35H41ClFN7O2/c1-6-22(3)40-19-24(39-5)20-41-34(46)35(4)18-32(44(21-23(35)7-2)25-12-9-8-10-13-25)43-33(45)26-16-27(29(37)17-28(26)36)30-14-11-15-31(38)42-30/h8-19,22-23H,6-7,20-21H2,1-5H3,(H2,38,42)(H,41,46)(H,43,45). The van der Waals surface area contributed by atoms with E-state index in [0.29, 0.717) is 24.5 Å². The second-order valence-corrected chi connectivity index (χ2v) is 11.9. The number of carbonyl (C=O) groups is 2. The summed E-state index contributed by atoms with van der Waals surface area (Å²) in [6.45, 7) is 8.66. The van der Waals surface area contributed by atoms with Gasteiger partial charge in [0.15, 0.2) is 0 Å². The lowest BCUT2D eigenvalue weighted by Crippen LogP contribution is -2.53. The number of rotatable bonds is 11. The van der Waals surface area contributed by atoms with Crippen molar-refractivity contribution in [2.45, 2.75) is 46.6 Å². The van der Waals surface area contributed by atoms with Gasteiger partial charge in [-0.3, -0.25) is 19.6 Å². The van der Waals surface area contributed by atoms with Crippen LogP contribution in [0.5, 0.6) is 0 Å². The van der Waals surface area contributed by atoms with Gasteiger partial charge < -0.3 is 21.3 Å². The minimum Gasteiger partial charge on any atom is -0.384 e. The van der Waals surface area contributed by atoms with E-state index in [2.05, 4.69) is 32.5 Å². The third-order valence-electron chi connectivity index (χ3n) is 8.40. The molecule has 0 saturated heterocycles. The Hall–Kier alpha value is -4.57. The van der Waals surface area contributed by atoms with Gasteiger partial charge in [-0.25, -0.2) is 9.37 Å². The number of aliphatic imine (C=N–C) groups is 2. The summed E-state index contributed by atoms with van der Waals surface area (Å²) in [6.07, 6.45) is 5.09. The SMILES string of the molecule is CCC(C)N=CC(CNC(=O)C1(C)C=C(NC(=O)c2cc(-c3cccc(N)n3)c(F)cc2Cl)N(c2ccccc2)CC1CC)=NC. The fourth-order valence-electron chi connectivity index (χ4n) is 5.32. The Labute approximate surface area is 274 Å². The molecule has 3 unspecified atom stereocenters. The van der Waals surface area contributed by atoms with Crippen molar-refractivity contribution in [1.29, 1.82) is 0 Å². The van der Waals surface area contributed by atoms with Crippen molar-refractivity contribution >= 4 is 46.8 Å². The lowest BCUT2D eigenvalue weighted by Gasteiger charge is -2.44. The quantitative estimate of drug-likeness (QED) is 0.211. The normalized spacial score (nSPS) is 19.1. The Balaban J connectivity index is 1.70. The Morgan fingerprint density at radius 3 is 2.59 bits per heavy atom. The first kappa shape index (κ1) is 34.3. The van der Waals surface area contributed by atoms with Gasteiger partial charge in [0.1, 0.15) is 17.5 Å². The first-order valence-corrected chi connectivity index (χ1v) is 15.7. The van der Waals surface area contributed by atoms with Gasteiger partial charge in [0, 0.05) is 37.1 Å². The average molecular weight is 646 g/mol. The van der Waals surface area contributed by atoms with Crippen LogP contribution < -0.4 is 21.3 Å². The number of hydrogen-bond donors (Lipinski definition) is 3. The predicted molar refractivity (Wildman–Crippen MR) is 185 cm³/mol. The van der Waals surface area contributed by atoms with E-state index >= 15 is 4.39 Å². The molecule has 2 aromatic carbocycles. The van der Waals surface area contributed by atoms with Crippen LogP contribution in [0.25, 0.3) is 11.3 Å². The molecule has 2 amide bonds. The number of halogens is 2. The van der Waals surface area contributed by atoms with Crippen molar-refractivity contribution in [2.75, 3.05) is 30.8 Å². The summed E-state index contributed by atoms with van der Waals surface area (Å²) in [4.78, 5) is 42.7. The molecule has 0 aliphatic carbocycles. The molecular weight excluding hydrogens is 605 g/mol. The number of anilines is 2. The number of nitrogens with two attached hydrogens (primary N) is 1. The molecule has 2 heterocycles. The van der Waals surface area contributed by atoms with Gasteiger partial charge in [0.05, 0.1) is 34.0 Å². The first-order chi connectivity index (χ1) is 22.0. The van der Waals surface area contributed by atoms with Crippen LogP contribution in [0.1, 0.15) is 50.9 Å². The summed E-state index contributed by atoms with van der Waals surface area (Å²) in [5, 5.41) is 5.95. The van der Waals surface area contributed by atoms with Crippen molar-refractivity contribution in [1.82, 2.24) is 15.6 Å². The van der Waals surface area contributed by atoms with Gasteiger partial charge in [-0.15, -0.1) is 0 Å². The van der Waals surface area contributed by atoms with E-state index in [1.165, 1.54) is 6.07 Å². The number of nitrogens with one attached hydrogen (secondary N) is 2. The maximum Gasteiger partial charge on any atom is 0.258 e. The number of pyridine rings is 1. The first-order valence-electron chi connectivity index (χ1n) is 15.4. The largest absolute Gasteiger partial charge is 0.384 e. The highest BCUT2D eigenvalue weighted by Gasteiger charge is 2.44. The lowest BCUT2D eigenvalue weighted by molar-refractivity contribution is -0.130. The Morgan fingerprint density at radius 1 is 1.20 bits per heavy atom. The molecule has 11 heteroatoms. The molecular formula is C35H41ClFN7O2. The average Bonchev–Trinajstić information content (AvgIpc) is 3.05. The van der Waals surface area contributed by atoms with Crippen LogP contribution in [-0.4, -0.2) is 54.9 Å². The molecule has 0 saturated carbocycles. The van der Waals surface area contributed by atoms with Crippen LogP contribution in [0.15, 0.2) is 82.5 Å². The molecule has 0 radical (unpaired) electrons. The molecule has 242 valence electrons. The van der Waals surface area contributed by atoms with E-state index in [0.717, 1.165) is 18.2 Å². The number of carbonyl (C=O) groups excluding carboxylic acids is 2. The summed E-state index contributed by atoms with van der Waals surface area (Å²) in [5.74, 6) is -0.882. The van der Waals surface area contributed by atoms with E-state index in [-0.39, 0.29) is 52.1 Å². The number of amides is 2. The summed E-state index contributed by atoms with van der Waals surface area (Å²) in [5.41, 5.74) is 6.72. The maximum atomic E-state index is 15.0. The summed E-state index contributed by atoms with van der Waals surface area (Å²) in [6, 6.07) is 17.0. The van der Waals surface area contributed by atoms with Crippen molar-refractivity contribution in [3.8, 4) is 11.3 Å². The molecule has 4 rings (SSSR count). The number of nitrogen functional groups attached to an aromatic ring is 1. The van der Waals surface area contributed by atoms with E-state index in [1.54, 1.807) is 37.5 Å². The van der Waals surface area contributed by atoms with Crippen molar-refractivity contribution < 1.29 is 14.0 Å². The second kappa shape index (κ2) is 15.1. The smallest absolute Gasteiger partial charge is 0.258 e. The van der Waals surface area contributed by atoms with Gasteiger partial charge in [0.2, 0.25) is 5.91 Å². The second-order valence-electron chi connectivity index (χ2n) is 11.5. The zero-order valence-corrected chi connectivity index (χ0v) is 27.6. The summed E-state index contributed by atoms with van der Waals surface area (Å²) < 4.78 is 15.0. The minimum absolute atomic E-state index is 0.0457. The zero-order chi connectivity index (χ0) is 33.4. The van der Waals surface area contributed by atoms with Gasteiger partial charge in [-0.2, -0.15) is 0 Å². The van der Waals surface area contributed by atoms with Crippen LogP contribution in [-0.2, 0) is 4.79 Å². The number of nitrogens with zero attached hydrogens (tertiary/aromatic N) is 4. The van der Waals surface area contributed by atoms with Crippen LogP contribution in [0.4, 0.5) is 15.9 Å². The molecule has 0 fully saturated rings. The monoisotopic (exact) mass is 645 g/mol. The number of hydrogen-bond acceptors (Lipinski definition) is 7. The molecule has 0 bridgehead atoms. The Morgan fingerprint density at radius 2 is 1.93 bits per heavy atom. The molecule has 1 aromatic heterocycles. The van der Waals surface area contributed by atoms with Crippen LogP contribution in [0, 0.1) is 17.2 Å². The topological polar surface area (TPSA) is 125 Å². The van der Waals surface area contributed by atoms with E-state index in [4.69, 9.17) is 17.3 Å². The number of benzene rings is 2. The molecule has 1 aliphatic heterocycles. The number of aromatic nitrogens is 1.